The second-order valence-electron chi connectivity index (χ2n) is 7.32. The van der Waals surface area contributed by atoms with E-state index in [9.17, 15) is 14.4 Å². The molecule has 0 aromatic heterocycles. The zero-order valence-corrected chi connectivity index (χ0v) is 17.0. The molecule has 3 N–H and O–H groups in total. The monoisotopic (exact) mass is 411 g/mol. The number of carboxylic acids is 1. The Morgan fingerprint density at radius 1 is 0.786 bits per heavy atom. The molecule has 0 aromatic carbocycles. The second kappa shape index (κ2) is 21.1. The summed E-state index contributed by atoms with van der Waals surface area (Å²) < 4.78 is 4.66. The van der Waals surface area contributed by atoms with E-state index in [4.69, 9.17) is 10.8 Å². The van der Waals surface area contributed by atoms with E-state index < -0.39 is 23.9 Å². The van der Waals surface area contributed by atoms with Crippen LogP contribution in [0.5, 0.6) is 0 Å². The van der Waals surface area contributed by atoms with Crippen molar-refractivity contribution in [1.82, 2.24) is 0 Å². The third kappa shape index (κ3) is 20.1. The second-order valence-corrected chi connectivity index (χ2v) is 7.32. The maximum absolute atomic E-state index is 11.6. The highest BCUT2D eigenvalue weighted by atomic mass is 24.3. The van der Waals surface area contributed by atoms with E-state index in [1.165, 1.54) is 64.2 Å². The molecule has 1 unspecified atom stereocenters. The summed E-state index contributed by atoms with van der Waals surface area (Å²) in [6.45, 7) is 2.24. The molecular weight excluding hydrogens is 371 g/mol. The summed E-state index contributed by atoms with van der Waals surface area (Å²) in [5.41, 5.74) is 5.50. The van der Waals surface area contributed by atoms with Gasteiger partial charge in [0.05, 0.1) is 0 Å². The van der Waals surface area contributed by atoms with Gasteiger partial charge in [-0.2, -0.15) is 0 Å². The van der Waals surface area contributed by atoms with Gasteiger partial charge in [-0.25, -0.2) is 4.79 Å². The van der Waals surface area contributed by atoms with Crippen LogP contribution in [0.3, 0.4) is 0 Å². The summed E-state index contributed by atoms with van der Waals surface area (Å²) in [6.07, 6.45) is 15.9. The molecular formula is C21H41MgNO5. The number of aliphatic carboxylic acids is 1. The van der Waals surface area contributed by atoms with Crippen molar-refractivity contribution in [2.75, 3.05) is 0 Å². The zero-order chi connectivity index (χ0) is 20.3. The number of nitrogens with two attached hydrogens (primary N) is 1. The van der Waals surface area contributed by atoms with Gasteiger partial charge in [0.25, 0.3) is 0 Å². The van der Waals surface area contributed by atoms with Crippen LogP contribution in [0, 0.1) is 0 Å². The normalized spacial score (nSPS) is 11.5. The van der Waals surface area contributed by atoms with Crippen molar-refractivity contribution in [1.29, 1.82) is 0 Å². The van der Waals surface area contributed by atoms with Crippen LogP contribution >= 0.6 is 0 Å². The molecule has 162 valence electrons. The van der Waals surface area contributed by atoms with Gasteiger partial charge in [-0.3, -0.25) is 9.59 Å². The standard InChI is InChI=1S/C21H39NO5.Mg.2H/c1-2-3-4-5-6-7-8-9-10-11-12-13-14-15-20(25)27-21(26)18(22)16-17-19(23)24;;;/h18H,2-17,22H2,1H3,(H,23,24);;;. The molecule has 0 fully saturated rings. The van der Waals surface area contributed by atoms with E-state index in [0.717, 1.165) is 12.8 Å². The molecule has 0 aliphatic heterocycles. The molecule has 0 saturated heterocycles. The van der Waals surface area contributed by atoms with Gasteiger partial charge in [0.15, 0.2) is 0 Å². The first-order valence-electron chi connectivity index (χ1n) is 10.7. The van der Waals surface area contributed by atoms with Crippen LogP contribution in [0.15, 0.2) is 0 Å². The van der Waals surface area contributed by atoms with Crippen LogP contribution in [0.4, 0.5) is 0 Å². The Bertz CT molecular complexity index is 418. The lowest BCUT2D eigenvalue weighted by Gasteiger charge is -2.09. The molecule has 0 aliphatic rings. The maximum atomic E-state index is 11.6. The van der Waals surface area contributed by atoms with Crippen molar-refractivity contribution in [3.8, 4) is 0 Å². The molecule has 6 nitrogen and oxygen atoms in total. The third-order valence-corrected chi connectivity index (χ3v) is 4.67. The fraction of sp³-hybridized carbons (Fsp3) is 0.857. The molecule has 28 heavy (non-hydrogen) atoms. The summed E-state index contributed by atoms with van der Waals surface area (Å²) >= 11 is 0. The number of hydrogen-bond donors (Lipinski definition) is 2. The van der Waals surface area contributed by atoms with Crippen molar-refractivity contribution >= 4 is 41.0 Å². The maximum Gasteiger partial charge on any atom is 0.330 e. The van der Waals surface area contributed by atoms with E-state index >= 15 is 0 Å². The summed E-state index contributed by atoms with van der Waals surface area (Å²) in [5.74, 6) is -2.44. The Morgan fingerprint density at radius 2 is 1.21 bits per heavy atom. The largest absolute Gasteiger partial charge is 0.481 e. The van der Waals surface area contributed by atoms with Crippen LogP contribution in [-0.4, -0.2) is 52.1 Å². The summed E-state index contributed by atoms with van der Waals surface area (Å²) in [4.78, 5) is 33.5. The Balaban J connectivity index is 0. The summed E-state index contributed by atoms with van der Waals surface area (Å²) in [6, 6.07) is -1.06. The van der Waals surface area contributed by atoms with Crippen molar-refractivity contribution in [3.63, 3.8) is 0 Å². The molecule has 1 atom stereocenters. The predicted molar refractivity (Wildman–Crippen MR) is 115 cm³/mol. The van der Waals surface area contributed by atoms with Crippen LogP contribution in [0.2, 0.25) is 0 Å². The highest BCUT2D eigenvalue weighted by molar-refractivity contribution is 5.88. The van der Waals surface area contributed by atoms with Crippen molar-refractivity contribution < 1.29 is 24.2 Å². The van der Waals surface area contributed by atoms with Gasteiger partial charge in [-0.15, -0.1) is 0 Å². The number of ether oxygens (including phenoxy) is 1. The van der Waals surface area contributed by atoms with Gasteiger partial charge in [0.1, 0.15) is 6.04 Å². The average Bonchev–Trinajstić information content (AvgIpc) is 2.63. The lowest BCUT2D eigenvalue weighted by atomic mass is 10.0. The molecule has 0 spiro atoms. The number of esters is 2. The van der Waals surface area contributed by atoms with Crippen LogP contribution < -0.4 is 5.73 Å². The van der Waals surface area contributed by atoms with E-state index in [2.05, 4.69) is 11.7 Å². The summed E-state index contributed by atoms with van der Waals surface area (Å²) in [7, 11) is 0. The minimum absolute atomic E-state index is 0. The Morgan fingerprint density at radius 3 is 1.64 bits per heavy atom. The van der Waals surface area contributed by atoms with Gasteiger partial charge >= 0.3 is 41.0 Å². The molecule has 0 radical (unpaired) electrons. The first-order valence-corrected chi connectivity index (χ1v) is 10.7. The fourth-order valence-electron chi connectivity index (χ4n) is 2.92. The Kier molecular flexibility index (Phi) is 22.2. The molecule has 7 heteroatoms. The van der Waals surface area contributed by atoms with E-state index in [0.29, 0.717) is 6.42 Å². The zero-order valence-electron chi connectivity index (χ0n) is 17.0. The number of carbonyl (C=O) groups is 3. The first kappa shape index (κ1) is 29.5. The van der Waals surface area contributed by atoms with Crippen LogP contribution in [0.25, 0.3) is 0 Å². The van der Waals surface area contributed by atoms with Gasteiger partial charge in [-0.1, -0.05) is 84.0 Å². The third-order valence-electron chi connectivity index (χ3n) is 4.67. The molecule has 0 saturated carbocycles. The fourth-order valence-corrected chi connectivity index (χ4v) is 2.92. The smallest absolute Gasteiger partial charge is 0.330 e. The minimum Gasteiger partial charge on any atom is -0.481 e. The summed E-state index contributed by atoms with van der Waals surface area (Å²) in [5, 5.41) is 8.54. The first-order chi connectivity index (χ1) is 13.0. The highest BCUT2D eigenvalue weighted by Gasteiger charge is 2.19. The molecule has 0 amide bonds. The van der Waals surface area contributed by atoms with Gasteiger partial charge < -0.3 is 15.6 Å². The SMILES string of the molecule is CCCCCCCCCCCCCCCC(=O)OC(=O)C(N)CCC(=O)O.[MgH2]. The number of rotatable bonds is 18. The van der Waals surface area contributed by atoms with Crippen molar-refractivity contribution in [2.45, 2.75) is 116 Å². The molecule has 0 aliphatic carbocycles. The number of unbranched alkanes of at least 4 members (excludes halogenated alkanes) is 12. The number of carbonyl (C=O) groups excluding carboxylic acids is 2. The molecule has 0 aromatic rings. The van der Waals surface area contributed by atoms with Crippen LogP contribution in [0.1, 0.15) is 110 Å². The Labute approximate surface area is 186 Å². The Hall–Kier alpha value is -0.664. The van der Waals surface area contributed by atoms with E-state index in [1.807, 2.05) is 0 Å². The van der Waals surface area contributed by atoms with Gasteiger partial charge in [0.2, 0.25) is 0 Å². The number of hydrogen-bond acceptors (Lipinski definition) is 5. The van der Waals surface area contributed by atoms with E-state index in [-0.39, 0.29) is 42.3 Å². The molecule has 0 heterocycles. The quantitative estimate of drug-likeness (QED) is 0.154. The highest BCUT2D eigenvalue weighted by Crippen LogP contribution is 2.13. The van der Waals surface area contributed by atoms with Crippen LogP contribution in [-0.2, 0) is 19.1 Å². The van der Waals surface area contributed by atoms with Gasteiger partial charge in [0, 0.05) is 12.8 Å². The lowest BCUT2D eigenvalue weighted by molar-refractivity contribution is -0.160. The topological polar surface area (TPSA) is 107 Å². The van der Waals surface area contributed by atoms with Gasteiger partial charge in [-0.05, 0) is 12.8 Å². The predicted octanol–water partition coefficient (Wildman–Crippen LogP) is 3.81. The minimum atomic E-state index is -1.06. The molecule has 0 rings (SSSR count). The van der Waals surface area contributed by atoms with Crippen molar-refractivity contribution in [3.05, 3.63) is 0 Å². The number of carboxylic acid groups (broad SMARTS) is 1. The van der Waals surface area contributed by atoms with Crippen molar-refractivity contribution in [2.24, 2.45) is 5.73 Å². The molecule has 0 bridgehead atoms. The lowest BCUT2D eigenvalue weighted by Crippen LogP contribution is -2.34. The van der Waals surface area contributed by atoms with E-state index in [1.54, 1.807) is 0 Å². The average molecular weight is 412 g/mol.